The van der Waals surface area contributed by atoms with E-state index in [1.165, 1.54) is 12.1 Å². The number of carboxylic acids is 1. The summed E-state index contributed by atoms with van der Waals surface area (Å²) in [6.45, 7) is 0. The molecule has 1 heterocycles. The van der Waals surface area contributed by atoms with Crippen molar-refractivity contribution in [2.75, 3.05) is 0 Å². The van der Waals surface area contributed by atoms with Crippen LogP contribution in [0.4, 0.5) is 0 Å². The van der Waals surface area contributed by atoms with Gasteiger partial charge in [-0.2, -0.15) is 0 Å². The molecule has 1 aromatic rings. The molecule has 1 N–H and O–H groups in total. The minimum absolute atomic E-state index is 0.150. The molecule has 1 unspecified atom stereocenters. The first-order chi connectivity index (χ1) is 7.08. The summed E-state index contributed by atoms with van der Waals surface area (Å²) in [7, 11) is 0. The molecule has 0 radical (unpaired) electrons. The third-order valence-corrected chi connectivity index (χ3v) is 2.39. The number of halogens is 1. The van der Waals surface area contributed by atoms with Gasteiger partial charge in [-0.05, 0) is 18.2 Å². The number of Topliss-reactive ketones (excluding diaryl/α,β-unsaturated/α-hetero) is 1. The van der Waals surface area contributed by atoms with Crippen LogP contribution in [0.3, 0.4) is 0 Å². The van der Waals surface area contributed by atoms with Crippen LogP contribution in [0.25, 0.3) is 0 Å². The van der Waals surface area contributed by atoms with E-state index in [2.05, 4.69) is 0 Å². The molecule has 0 aromatic heterocycles. The molecule has 1 aliphatic heterocycles. The Morgan fingerprint density at radius 1 is 1.53 bits per heavy atom. The summed E-state index contributed by atoms with van der Waals surface area (Å²) >= 11 is 5.72. The lowest BCUT2D eigenvalue weighted by molar-refractivity contribution is -0.145. The van der Waals surface area contributed by atoms with Gasteiger partial charge in [0.15, 0.2) is 5.78 Å². The minimum atomic E-state index is -1.14. The van der Waals surface area contributed by atoms with Crippen molar-refractivity contribution < 1.29 is 19.4 Å². The molecule has 1 atom stereocenters. The summed E-state index contributed by atoms with van der Waals surface area (Å²) < 4.78 is 5.14. The molecule has 0 saturated carbocycles. The first-order valence-corrected chi connectivity index (χ1v) is 4.68. The predicted octanol–water partition coefficient (Wildman–Crippen LogP) is 1.76. The van der Waals surface area contributed by atoms with E-state index in [1.807, 2.05) is 0 Å². The molecule has 15 heavy (non-hydrogen) atoms. The second-order valence-corrected chi connectivity index (χ2v) is 3.65. The average Bonchev–Trinajstić information content (AvgIpc) is 2.18. The smallest absolute Gasteiger partial charge is 0.345 e. The number of carbonyl (C=O) groups excluding carboxylic acids is 1. The summed E-state index contributed by atoms with van der Waals surface area (Å²) in [5, 5.41) is 9.16. The third-order valence-electron chi connectivity index (χ3n) is 2.16. The number of aliphatic carboxylic acids is 1. The Bertz CT molecular complexity index is 441. The van der Waals surface area contributed by atoms with Crippen molar-refractivity contribution in [3.05, 3.63) is 28.8 Å². The summed E-state index contributed by atoms with van der Waals surface area (Å²) in [6.07, 6.45) is -1.24. The Morgan fingerprint density at radius 2 is 2.27 bits per heavy atom. The lowest BCUT2D eigenvalue weighted by Crippen LogP contribution is -2.33. The maximum atomic E-state index is 11.6. The average molecular weight is 227 g/mol. The van der Waals surface area contributed by atoms with Crippen LogP contribution >= 0.6 is 11.6 Å². The molecule has 0 bridgehead atoms. The molecule has 2 rings (SSSR count). The van der Waals surface area contributed by atoms with E-state index in [9.17, 15) is 9.59 Å². The highest BCUT2D eigenvalue weighted by molar-refractivity contribution is 6.31. The lowest BCUT2D eigenvalue weighted by Gasteiger charge is -2.21. The Labute approximate surface area is 90.4 Å². The van der Waals surface area contributed by atoms with Gasteiger partial charge in [-0.1, -0.05) is 11.6 Å². The van der Waals surface area contributed by atoms with Crippen molar-refractivity contribution >= 4 is 23.4 Å². The second-order valence-electron chi connectivity index (χ2n) is 3.21. The van der Waals surface area contributed by atoms with E-state index in [4.69, 9.17) is 21.4 Å². The van der Waals surface area contributed by atoms with Gasteiger partial charge in [-0.3, -0.25) is 4.79 Å². The molecule has 0 amide bonds. The normalized spacial score (nSPS) is 19.3. The summed E-state index contributed by atoms with van der Waals surface area (Å²) in [5.41, 5.74) is 0.347. The lowest BCUT2D eigenvalue weighted by atomic mass is 10.0. The standard InChI is InChI=1S/C10H7ClO4/c11-5-1-2-8-6(3-5)7(12)4-9(15-8)10(13)14/h1-3,9H,4H2,(H,13,14). The monoisotopic (exact) mass is 226 g/mol. The number of hydrogen-bond acceptors (Lipinski definition) is 3. The number of rotatable bonds is 1. The van der Waals surface area contributed by atoms with Gasteiger partial charge in [0.25, 0.3) is 0 Å². The van der Waals surface area contributed by atoms with Gasteiger partial charge in [0, 0.05) is 5.02 Å². The van der Waals surface area contributed by atoms with Crippen LogP contribution in [0.5, 0.6) is 5.75 Å². The number of hydrogen-bond donors (Lipinski definition) is 1. The van der Waals surface area contributed by atoms with Crippen LogP contribution in [0.1, 0.15) is 16.8 Å². The molecule has 0 aliphatic carbocycles. The maximum Gasteiger partial charge on any atom is 0.345 e. The Kier molecular flexibility index (Phi) is 2.36. The minimum Gasteiger partial charge on any atom is -0.478 e. The second kappa shape index (κ2) is 3.55. The fourth-order valence-corrected chi connectivity index (χ4v) is 1.61. The topological polar surface area (TPSA) is 63.6 Å². The number of carboxylic acid groups (broad SMARTS) is 1. The van der Waals surface area contributed by atoms with Gasteiger partial charge >= 0.3 is 5.97 Å². The fraction of sp³-hybridized carbons (Fsp3) is 0.200. The van der Waals surface area contributed by atoms with Gasteiger partial charge in [0.05, 0.1) is 12.0 Å². The Balaban J connectivity index is 2.41. The number of carbonyl (C=O) groups is 2. The quantitative estimate of drug-likeness (QED) is 0.793. The fourth-order valence-electron chi connectivity index (χ4n) is 1.43. The van der Waals surface area contributed by atoms with Gasteiger partial charge in [-0.25, -0.2) is 4.79 Å². The van der Waals surface area contributed by atoms with Gasteiger partial charge < -0.3 is 9.84 Å². The highest BCUT2D eigenvalue weighted by atomic mass is 35.5. The molecule has 78 valence electrons. The number of ether oxygens (including phenoxy) is 1. The SMILES string of the molecule is O=C1CC(C(=O)O)Oc2ccc(Cl)cc21. The van der Waals surface area contributed by atoms with Gasteiger partial charge in [-0.15, -0.1) is 0 Å². The summed E-state index contributed by atoms with van der Waals surface area (Å²) in [4.78, 5) is 22.2. The van der Waals surface area contributed by atoms with Crippen LogP contribution in [0, 0.1) is 0 Å². The Morgan fingerprint density at radius 3 is 2.93 bits per heavy atom. The molecule has 0 fully saturated rings. The zero-order chi connectivity index (χ0) is 11.0. The van der Waals surface area contributed by atoms with Crippen LogP contribution < -0.4 is 4.74 Å². The van der Waals surface area contributed by atoms with Crippen molar-refractivity contribution in [1.29, 1.82) is 0 Å². The van der Waals surface area contributed by atoms with E-state index in [0.717, 1.165) is 0 Å². The van der Waals surface area contributed by atoms with Gasteiger partial charge in [0.2, 0.25) is 6.10 Å². The highest BCUT2D eigenvalue weighted by Crippen LogP contribution is 2.29. The number of ketones is 1. The summed E-state index contributed by atoms with van der Waals surface area (Å²) in [5.74, 6) is -1.11. The van der Waals surface area contributed by atoms with Crippen LogP contribution in [-0.4, -0.2) is 23.0 Å². The highest BCUT2D eigenvalue weighted by Gasteiger charge is 2.31. The molecule has 0 spiro atoms. The largest absolute Gasteiger partial charge is 0.478 e. The zero-order valence-corrected chi connectivity index (χ0v) is 8.32. The zero-order valence-electron chi connectivity index (χ0n) is 7.57. The van der Waals surface area contributed by atoms with Crippen molar-refractivity contribution in [3.8, 4) is 5.75 Å². The van der Waals surface area contributed by atoms with Gasteiger partial charge in [0.1, 0.15) is 5.75 Å². The third kappa shape index (κ3) is 1.80. The van der Waals surface area contributed by atoms with Crippen LogP contribution in [0.2, 0.25) is 5.02 Å². The molecule has 4 nitrogen and oxygen atoms in total. The van der Waals surface area contributed by atoms with E-state index < -0.39 is 12.1 Å². The first-order valence-electron chi connectivity index (χ1n) is 4.30. The summed E-state index contributed by atoms with van der Waals surface area (Å²) in [6, 6.07) is 4.54. The number of benzene rings is 1. The van der Waals surface area contributed by atoms with E-state index >= 15 is 0 Å². The van der Waals surface area contributed by atoms with E-state index in [-0.39, 0.29) is 18.0 Å². The molecular formula is C10H7ClO4. The predicted molar refractivity (Wildman–Crippen MR) is 52.5 cm³/mol. The number of fused-ring (bicyclic) bond motifs is 1. The molecule has 5 heteroatoms. The van der Waals surface area contributed by atoms with E-state index in [0.29, 0.717) is 10.6 Å². The van der Waals surface area contributed by atoms with Crippen LogP contribution in [-0.2, 0) is 4.79 Å². The molecular weight excluding hydrogens is 220 g/mol. The van der Waals surface area contributed by atoms with Crippen molar-refractivity contribution in [3.63, 3.8) is 0 Å². The first kappa shape index (κ1) is 9.98. The van der Waals surface area contributed by atoms with Crippen LogP contribution in [0.15, 0.2) is 18.2 Å². The maximum absolute atomic E-state index is 11.6. The Hall–Kier alpha value is -1.55. The molecule has 1 aliphatic rings. The van der Waals surface area contributed by atoms with E-state index in [1.54, 1.807) is 6.07 Å². The molecule has 0 saturated heterocycles. The molecule has 1 aromatic carbocycles. The van der Waals surface area contributed by atoms with Crippen molar-refractivity contribution in [2.24, 2.45) is 0 Å². The van der Waals surface area contributed by atoms with Crippen molar-refractivity contribution in [1.82, 2.24) is 0 Å². The van der Waals surface area contributed by atoms with Crippen molar-refractivity contribution in [2.45, 2.75) is 12.5 Å².